The molecule has 1 N–H and O–H groups in total. The summed E-state index contributed by atoms with van der Waals surface area (Å²) < 4.78 is 19.9. The van der Waals surface area contributed by atoms with E-state index in [0.717, 1.165) is 20.5 Å². The largest absolute Gasteiger partial charge is 0.507 e. The van der Waals surface area contributed by atoms with Gasteiger partial charge in [-0.25, -0.2) is 9.88 Å². The van der Waals surface area contributed by atoms with Crippen molar-refractivity contribution < 1.29 is 38.2 Å². The van der Waals surface area contributed by atoms with E-state index in [1.54, 1.807) is 61.7 Å². The van der Waals surface area contributed by atoms with Crippen molar-refractivity contribution in [2.75, 3.05) is 24.0 Å². The van der Waals surface area contributed by atoms with Crippen LogP contribution in [0.2, 0.25) is 5.02 Å². The number of amides is 4. The molecular weight excluding hydrogens is 854 g/mol. The number of methoxy groups -OCH3 is 2. The number of oxazole rings is 1. The molecule has 13 nitrogen and oxygen atoms in total. The third kappa shape index (κ3) is 5.61. The number of fused-ring (bicyclic) bond motifs is 6. The zero-order valence-electron chi connectivity index (χ0n) is 35.3. The number of nitrogens with zero attached hydrogens (tertiary/aromatic N) is 5. The molecule has 4 aliphatic rings. The molecule has 0 bridgehead atoms. The molecule has 0 unspecified atom stereocenters. The molecule has 2 aliphatic carbocycles. The Labute approximate surface area is 375 Å². The molecule has 64 heavy (non-hydrogen) atoms. The van der Waals surface area contributed by atoms with Gasteiger partial charge in [0.1, 0.15) is 34.3 Å². The number of imide groups is 2. The van der Waals surface area contributed by atoms with Gasteiger partial charge in [-0.2, -0.15) is 5.10 Å². The van der Waals surface area contributed by atoms with Crippen LogP contribution in [-0.4, -0.2) is 57.7 Å². The average Bonchev–Trinajstić information content (AvgIpc) is 4.08. The fourth-order valence-electron chi connectivity index (χ4n) is 10.9. The van der Waals surface area contributed by atoms with Crippen LogP contribution in [0.15, 0.2) is 101 Å². The molecule has 2 aliphatic heterocycles. The molecule has 1 saturated carbocycles. The molecule has 2 saturated heterocycles. The number of aryl methyl sites for hydroxylation is 2. The quantitative estimate of drug-likeness (QED) is 0.121. The minimum atomic E-state index is -1.47. The Balaban J connectivity index is 0.994. The Morgan fingerprint density at radius 3 is 2.44 bits per heavy atom. The molecule has 4 amide bonds. The predicted molar refractivity (Wildman–Crippen MR) is 242 cm³/mol. The lowest BCUT2D eigenvalue weighted by molar-refractivity contribution is -0.131. The number of carbonyl (C=O) groups excluding carboxylic acids is 4. The van der Waals surface area contributed by atoms with Gasteiger partial charge in [-0.3, -0.25) is 28.8 Å². The van der Waals surface area contributed by atoms with E-state index < -0.39 is 52.7 Å². The fraction of sp³-hybridized carbons (Fsp3) is 0.265. The Kier molecular flexibility index (Phi) is 8.99. The third-order valence-electron chi connectivity index (χ3n) is 14.0. The van der Waals surface area contributed by atoms with Gasteiger partial charge in [0.05, 0.1) is 48.0 Å². The van der Waals surface area contributed by atoms with Crippen molar-refractivity contribution in [2.24, 2.45) is 36.1 Å². The summed E-state index contributed by atoms with van der Waals surface area (Å²) in [5.41, 5.74) is 3.53. The van der Waals surface area contributed by atoms with Crippen LogP contribution in [0.5, 0.6) is 17.2 Å². The SMILES string of the molecule is COc1cc(O)c([C@H]2C3=CC[C@@H]4C(=O)N(c5ccc(-c6nc7ccccc7o6)cc5)C(=O)[C@@H]4[C@@H]3C[C@H]3C(=O)N(c4cc(-c5sc6ccc(Cl)cc6c5C)nn4C)C(=O)[C@@]23C)c(OC)c1. The number of benzene rings is 4. The van der Waals surface area contributed by atoms with Gasteiger partial charge in [0.2, 0.25) is 29.5 Å². The standard InChI is InChI=1S/C49H40ClN5O8S/c1-23-30-18-25(50)12-17-38(30)64-43(23)34-22-39(53(3)52-34)55-46(58)32-21-31-28(42(49(32,2)48(55)60)41-35(56)19-27(61-4)20-37(41)62-5)15-16-29-40(31)47(59)54(45(29)57)26-13-10-24(11-14-26)44-51-33-8-6-7-9-36(33)63-44/h6-15,17-20,22,29,31-32,40,42,56H,16,21H2,1-5H3/t29-,31+,32-,40-,42+,49+/m0/s1. The predicted octanol–water partition coefficient (Wildman–Crippen LogP) is 9.23. The Bertz CT molecular complexity index is 3170. The minimum absolute atomic E-state index is 0.116. The van der Waals surface area contributed by atoms with Gasteiger partial charge < -0.3 is 19.0 Å². The van der Waals surface area contributed by atoms with Crippen LogP contribution in [-0.2, 0) is 26.2 Å². The van der Waals surface area contributed by atoms with Crippen molar-refractivity contribution in [3.8, 4) is 39.3 Å². The molecule has 7 aromatic rings. The maximum absolute atomic E-state index is 15.4. The number of rotatable bonds is 7. The van der Waals surface area contributed by atoms with Crippen molar-refractivity contribution in [2.45, 2.75) is 32.6 Å². The number of allylic oxidation sites excluding steroid dienone is 2. The van der Waals surface area contributed by atoms with E-state index in [1.165, 1.54) is 34.8 Å². The summed E-state index contributed by atoms with van der Waals surface area (Å²) in [4.78, 5) is 67.8. The maximum atomic E-state index is 15.4. The number of phenolic OH excluding ortho intramolecular Hbond substituents is 1. The molecule has 3 aromatic heterocycles. The summed E-state index contributed by atoms with van der Waals surface area (Å²) in [6.45, 7) is 3.76. The number of ether oxygens (including phenoxy) is 2. The topological polar surface area (TPSA) is 157 Å². The van der Waals surface area contributed by atoms with E-state index in [4.69, 9.17) is 30.6 Å². The molecule has 5 heterocycles. The van der Waals surface area contributed by atoms with Crippen LogP contribution in [0, 0.1) is 36.0 Å². The Hall–Kier alpha value is -6.77. The van der Waals surface area contributed by atoms with E-state index in [9.17, 15) is 14.7 Å². The first-order valence-electron chi connectivity index (χ1n) is 20.9. The number of hydrogen-bond acceptors (Lipinski definition) is 11. The van der Waals surface area contributed by atoms with E-state index in [2.05, 4.69) is 4.98 Å². The van der Waals surface area contributed by atoms with Crippen LogP contribution < -0.4 is 19.3 Å². The van der Waals surface area contributed by atoms with Crippen molar-refractivity contribution in [3.63, 3.8) is 0 Å². The molecule has 6 atom stereocenters. The lowest BCUT2D eigenvalue weighted by atomic mass is 9.51. The van der Waals surface area contributed by atoms with Gasteiger partial charge in [-0.1, -0.05) is 35.4 Å². The highest BCUT2D eigenvalue weighted by Crippen LogP contribution is 2.66. The zero-order valence-corrected chi connectivity index (χ0v) is 36.9. The Morgan fingerprint density at radius 1 is 0.906 bits per heavy atom. The fourth-order valence-corrected chi connectivity index (χ4v) is 12.2. The average molecular weight is 894 g/mol. The molecular formula is C49H40ClN5O8S. The normalized spacial score (nSPS) is 24.1. The number of hydrogen-bond donors (Lipinski definition) is 1. The highest BCUT2D eigenvalue weighted by molar-refractivity contribution is 7.22. The summed E-state index contributed by atoms with van der Waals surface area (Å²) >= 11 is 7.90. The number of thiophene rings is 1. The van der Waals surface area contributed by atoms with Gasteiger partial charge in [-0.05, 0) is 98.2 Å². The van der Waals surface area contributed by atoms with Gasteiger partial charge in [0.15, 0.2) is 5.58 Å². The third-order valence-corrected chi connectivity index (χ3v) is 15.5. The minimum Gasteiger partial charge on any atom is -0.507 e. The number of aromatic hydroxyl groups is 1. The van der Waals surface area contributed by atoms with Gasteiger partial charge in [-0.15, -0.1) is 11.3 Å². The van der Waals surface area contributed by atoms with Crippen LogP contribution in [0.25, 0.3) is 43.2 Å². The van der Waals surface area contributed by atoms with Crippen LogP contribution >= 0.6 is 22.9 Å². The summed E-state index contributed by atoms with van der Waals surface area (Å²) in [5, 5.41) is 18.3. The number of halogens is 1. The number of carbonyl (C=O) groups is 4. The summed E-state index contributed by atoms with van der Waals surface area (Å²) in [6, 6.07) is 25.0. The first-order valence-corrected chi connectivity index (χ1v) is 22.1. The summed E-state index contributed by atoms with van der Waals surface area (Å²) in [5.74, 6) is -4.66. The second-order valence-corrected chi connectivity index (χ2v) is 18.7. The molecule has 322 valence electrons. The molecule has 0 spiro atoms. The molecule has 11 rings (SSSR count). The van der Waals surface area contributed by atoms with E-state index in [1.807, 2.05) is 55.5 Å². The van der Waals surface area contributed by atoms with Crippen molar-refractivity contribution in [1.82, 2.24) is 14.8 Å². The number of para-hydroxylation sites is 2. The molecule has 15 heteroatoms. The monoisotopic (exact) mass is 893 g/mol. The lowest BCUT2D eigenvalue weighted by Gasteiger charge is -2.49. The summed E-state index contributed by atoms with van der Waals surface area (Å²) in [7, 11) is 4.63. The highest BCUT2D eigenvalue weighted by atomic mass is 35.5. The second kappa shape index (κ2) is 14.4. The smallest absolute Gasteiger partial charge is 0.242 e. The van der Waals surface area contributed by atoms with E-state index >= 15 is 9.59 Å². The van der Waals surface area contributed by atoms with Crippen LogP contribution in [0.4, 0.5) is 11.5 Å². The number of phenols is 1. The van der Waals surface area contributed by atoms with Crippen LogP contribution in [0.3, 0.4) is 0 Å². The van der Waals surface area contributed by atoms with Gasteiger partial charge >= 0.3 is 0 Å². The second-order valence-electron chi connectivity index (χ2n) is 17.2. The summed E-state index contributed by atoms with van der Waals surface area (Å²) in [6.07, 6.45) is 2.27. The van der Waals surface area contributed by atoms with Gasteiger partial charge in [0, 0.05) is 52.0 Å². The van der Waals surface area contributed by atoms with Crippen molar-refractivity contribution in [3.05, 3.63) is 113 Å². The Morgan fingerprint density at radius 2 is 1.69 bits per heavy atom. The molecule has 0 radical (unpaired) electrons. The number of anilines is 2. The maximum Gasteiger partial charge on any atom is 0.242 e. The van der Waals surface area contributed by atoms with Crippen molar-refractivity contribution in [1.29, 1.82) is 0 Å². The molecule has 4 aromatic carbocycles. The van der Waals surface area contributed by atoms with E-state index in [-0.39, 0.29) is 36.1 Å². The van der Waals surface area contributed by atoms with Crippen molar-refractivity contribution >= 4 is 79.3 Å². The molecule has 3 fully saturated rings. The van der Waals surface area contributed by atoms with Crippen LogP contribution in [0.1, 0.15) is 36.8 Å². The lowest BCUT2D eigenvalue weighted by Crippen LogP contribution is -2.49. The van der Waals surface area contributed by atoms with Gasteiger partial charge in [0.25, 0.3) is 0 Å². The first kappa shape index (κ1) is 40.0. The first-order chi connectivity index (χ1) is 30.8. The van der Waals surface area contributed by atoms with E-state index in [0.29, 0.717) is 55.8 Å². The number of aromatic nitrogens is 3. The zero-order chi connectivity index (χ0) is 44.5. The highest BCUT2D eigenvalue weighted by Gasteiger charge is 2.68.